The molecule has 1 aromatic carbocycles. The SMILES string of the molecule is COc1cccc(NN=C(C(N)=O)C(N)=O)c1. The van der Waals surface area contributed by atoms with Crippen molar-refractivity contribution < 1.29 is 14.3 Å². The second kappa shape index (κ2) is 5.50. The second-order valence-corrected chi connectivity index (χ2v) is 3.03. The van der Waals surface area contributed by atoms with Crippen LogP contribution in [0.25, 0.3) is 0 Å². The van der Waals surface area contributed by atoms with Crippen LogP contribution in [0.4, 0.5) is 5.69 Å². The zero-order chi connectivity index (χ0) is 12.8. The Bertz CT molecular complexity index is 454. The number of ether oxygens (including phenoxy) is 1. The van der Waals surface area contributed by atoms with E-state index in [9.17, 15) is 9.59 Å². The highest BCUT2D eigenvalue weighted by molar-refractivity contribution is 6.64. The quantitative estimate of drug-likeness (QED) is 0.360. The van der Waals surface area contributed by atoms with Gasteiger partial charge in [0.05, 0.1) is 12.8 Å². The van der Waals surface area contributed by atoms with Crippen LogP contribution < -0.4 is 21.6 Å². The molecular weight excluding hydrogens is 224 g/mol. The number of carbonyl (C=O) groups is 2. The van der Waals surface area contributed by atoms with E-state index in [1.807, 2.05) is 0 Å². The van der Waals surface area contributed by atoms with E-state index in [4.69, 9.17) is 16.2 Å². The number of nitrogens with two attached hydrogens (primary N) is 2. The molecule has 0 bridgehead atoms. The third kappa shape index (κ3) is 3.49. The number of primary amides is 2. The predicted molar refractivity (Wildman–Crippen MR) is 62.4 cm³/mol. The number of anilines is 1. The van der Waals surface area contributed by atoms with Gasteiger partial charge >= 0.3 is 0 Å². The largest absolute Gasteiger partial charge is 0.497 e. The van der Waals surface area contributed by atoms with Gasteiger partial charge in [0.2, 0.25) is 5.71 Å². The molecule has 0 spiro atoms. The van der Waals surface area contributed by atoms with Gasteiger partial charge in [0.1, 0.15) is 5.75 Å². The Morgan fingerprint density at radius 1 is 1.29 bits per heavy atom. The molecule has 0 atom stereocenters. The van der Waals surface area contributed by atoms with Gasteiger partial charge in [-0.05, 0) is 12.1 Å². The van der Waals surface area contributed by atoms with Gasteiger partial charge in [0, 0.05) is 6.07 Å². The number of rotatable bonds is 5. The molecule has 7 heteroatoms. The Balaban J connectivity index is 2.86. The maximum atomic E-state index is 10.8. The summed E-state index contributed by atoms with van der Waals surface area (Å²) in [7, 11) is 1.51. The fraction of sp³-hybridized carbons (Fsp3) is 0.100. The van der Waals surface area contributed by atoms with E-state index in [-0.39, 0.29) is 0 Å². The summed E-state index contributed by atoms with van der Waals surface area (Å²) < 4.78 is 4.98. The van der Waals surface area contributed by atoms with Crippen LogP contribution in [-0.2, 0) is 9.59 Å². The van der Waals surface area contributed by atoms with Crippen LogP contribution in [0.1, 0.15) is 0 Å². The van der Waals surface area contributed by atoms with Crippen molar-refractivity contribution in [3.05, 3.63) is 24.3 Å². The monoisotopic (exact) mass is 236 g/mol. The molecule has 0 saturated carbocycles. The number of carbonyl (C=O) groups excluding carboxylic acids is 2. The van der Waals surface area contributed by atoms with Crippen LogP contribution in [0.15, 0.2) is 29.4 Å². The summed E-state index contributed by atoms with van der Waals surface area (Å²) in [5, 5.41) is 3.53. The van der Waals surface area contributed by atoms with Crippen molar-refractivity contribution in [3.8, 4) is 5.75 Å². The molecule has 2 amide bonds. The molecule has 0 radical (unpaired) electrons. The summed E-state index contributed by atoms with van der Waals surface area (Å²) in [5.41, 5.74) is 12.3. The lowest BCUT2D eigenvalue weighted by Gasteiger charge is -2.04. The first-order valence-electron chi connectivity index (χ1n) is 4.62. The minimum atomic E-state index is -0.993. The van der Waals surface area contributed by atoms with Crippen molar-refractivity contribution in [2.24, 2.45) is 16.6 Å². The smallest absolute Gasteiger partial charge is 0.274 e. The van der Waals surface area contributed by atoms with Gasteiger partial charge in [-0.2, -0.15) is 5.10 Å². The van der Waals surface area contributed by atoms with E-state index in [1.165, 1.54) is 7.11 Å². The Labute approximate surface area is 97.4 Å². The van der Waals surface area contributed by atoms with Crippen molar-refractivity contribution in [2.75, 3.05) is 12.5 Å². The number of hydrogen-bond acceptors (Lipinski definition) is 5. The molecule has 0 unspecified atom stereocenters. The topological polar surface area (TPSA) is 120 Å². The average Bonchev–Trinajstić information content (AvgIpc) is 2.28. The minimum Gasteiger partial charge on any atom is -0.497 e. The lowest BCUT2D eigenvalue weighted by atomic mass is 10.3. The van der Waals surface area contributed by atoms with E-state index in [2.05, 4.69) is 10.5 Å². The van der Waals surface area contributed by atoms with Gasteiger partial charge in [0.15, 0.2) is 0 Å². The molecule has 1 aromatic rings. The molecule has 90 valence electrons. The molecule has 5 N–H and O–H groups in total. The minimum absolute atomic E-state index is 0.532. The molecule has 0 saturated heterocycles. The number of hydrazone groups is 1. The van der Waals surface area contributed by atoms with Gasteiger partial charge in [-0.25, -0.2) is 0 Å². The fourth-order valence-electron chi connectivity index (χ4n) is 1.04. The van der Waals surface area contributed by atoms with Gasteiger partial charge < -0.3 is 16.2 Å². The first-order valence-corrected chi connectivity index (χ1v) is 4.62. The number of nitrogens with zero attached hydrogens (tertiary/aromatic N) is 1. The van der Waals surface area contributed by atoms with Crippen LogP contribution in [0, 0.1) is 0 Å². The van der Waals surface area contributed by atoms with E-state index in [0.717, 1.165) is 0 Å². The Hall–Kier alpha value is -2.57. The number of hydrogen-bond donors (Lipinski definition) is 3. The highest BCUT2D eigenvalue weighted by atomic mass is 16.5. The molecule has 0 aromatic heterocycles. The average molecular weight is 236 g/mol. The first kappa shape index (κ1) is 12.5. The van der Waals surface area contributed by atoms with Crippen LogP contribution >= 0.6 is 0 Å². The molecule has 0 fully saturated rings. The van der Waals surface area contributed by atoms with Gasteiger partial charge in [-0.15, -0.1) is 0 Å². The summed E-state index contributed by atoms with van der Waals surface area (Å²) >= 11 is 0. The molecule has 1 rings (SSSR count). The Kier molecular flexibility index (Phi) is 4.04. The van der Waals surface area contributed by atoms with Crippen LogP contribution in [-0.4, -0.2) is 24.6 Å². The van der Waals surface area contributed by atoms with E-state index >= 15 is 0 Å². The Morgan fingerprint density at radius 2 is 1.94 bits per heavy atom. The number of nitrogens with one attached hydrogen (secondary N) is 1. The lowest BCUT2D eigenvalue weighted by molar-refractivity contribution is -0.115. The lowest BCUT2D eigenvalue weighted by Crippen LogP contribution is -2.36. The zero-order valence-corrected chi connectivity index (χ0v) is 9.14. The zero-order valence-electron chi connectivity index (χ0n) is 9.14. The van der Waals surface area contributed by atoms with Gasteiger partial charge in [-0.1, -0.05) is 6.07 Å². The summed E-state index contributed by atoms with van der Waals surface area (Å²) in [6, 6.07) is 6.75. The van der Waals surface area contributed by atoms with Crippen molar-refractivity contribution >= 4 is 23.2 Å². The van der Waals surface area contributed by atoms with Gasteiger partial charge in [0.25, 0.3) is 11.8 Å². The van der Waals surface area contributed by atoms with Crippen molar-refractivity contribution in [3.63, 3.8) is 0 Å². The Morgan fingerprint density at radius 3 is 2.47 bits per heavy atom. The highest BCUT2D eigenvalue weighted by Gasteiger charge is 2.13. The number of methoxy groups -OCH3 is 1. The maximum Gasteiger partial charge on any atom is 0.274 e. The summed E-state index contributed by atoms with van der Waals surface area (Å²) in [6.07, 6.45) is 0. The first-order chi connectivity index (χ1) is 8.04. The number of benzene rings is 1. The summed E-state index contributed by atoms with van der Waals surface area (Å²) in [5.74, 6) is -1.38. The molecule has 0 aliphatic rings. The molecule has 0 aliphatic heterocycles. The molecular formula is C10H12N4O3. The highest BCUT2D eigenvalue weighted by Crippen LogP contribution is 2.16. The third-order valence-corrected chi connectivity index (χ3v) is 1.83. The summed E-state index contributed by atoms with van der Waals surface area (Å²) in [4.78, 5) is 21.6. The van der Waals surface area contributed by atoms with Crippen LogP contribution in [0.3, 0.4) is 0 Å². The predicted octanol–water partition coefficient (Wildman–Crippen LogP) is -0.566. The molecule has 0 heterocycles. The van der Waals surface area contributed by atoms with Gasteiger partial charge in [-0.3, -0.25) is 15.0 Å². The van der Waals surface area contributed by atoms with Crippen molar-refractivity contribution in [2.45, 2.75) is 0 Å². The third-order valence-electron chi connectivity index (χ3n) is 1.83. The van der Waals surface area contributed by atoms with Crippen LogP contribution in [0.5, 0.6) is 5.75 Å². The van der Waals surface area contributed by atoms with Crippen LogP contribution in [0.2, 0.25) is 0 Å². The van der Waals surface area contributed by atoms with E-state index in [1.54, 1.807) is 24.3 Å². The molecule has 17 heavy (non-hydrogen) atoms. The normalized spacial score (nSPS) is 9.24. The van der Waals surface area contributed by atoms with Crippen molar-refractivity contribution in [1.29, 1.82) is 0 Å². The van der Waals surface area contributed by atoms with E-state index in [0.29, 0.717) is 11.4 Å². The van der Waals surface area contributed by atoms with E-state index < -0.39 is 17.5 Å². The molecule has 7 nitrogen and oxygen atoms in total. The molecule has 0 aliphatic carbocycles. The van der Waals surface area contributed by atoms with Crippen molar-refractivity contribution in [1.82, 2.24) is 0 Å². The maximum absolute atomic E-state index is 10.8. The summed E-state index contributed by atoms with van der Waals surface area (Å²) in [6.45, 7) is 0. The second-order valence-electron chi connectivity index (χ2n) is 3.03. The fourth-order valence-corrected chi connectivity index (χ4v) is 1.04. The standard InChI is InChI=1S/C10H12N4O3/c1-17-7-4-2-3-6(5-7)13-14-8(9(11)15)10(12)16/h2-5,13H,1H3,(H2,11,15)(H2,12,16). The number of amides is 2.